The van der Waals surface area contributed by atoms with E-state index in [-0.39, 0.29) is 47.4 Å². The van der Waals surface area contributed by atoms with Gasteiger partial charge in [-0.15, -0.1) is 0 Å². The number of halogens is 9. The van der Waals surface area contributed by atoms with E-state index in [1.807, 2.05) is 64.1 Å². The molecule has 3 aliphatic heterocycles. The van der Waals surface area contributed by atoms with Crippen LogP contribution in [0.5, 0.6) is 5.75 Å². The summed E-state index contributed by atoms with van der Waals surface area (Å²) in [6.45, 7) is 10.4. The predicted octanol–water partition coefficient (Wildman–Crippen LogP) is 17.0. The van der Waals surface area contributed by atoms with Crippen LogP contribution in [0.4, 0.5) is 88.4 Å². The number of ether oxygens (including phenoxy) is 3. The third kappa shape index (κ3) is 22.8. The maximum Gasteiger partial charge on any atom is 0.452 e. The molecule has 0 saturated carbocycles. The Morgan fingerprint density at radius 1 is 0.387 bits per heavy atom. The first kappa shape index (κ1) is 84.6. The van der Waals surface area contributed by atoms with Gasteiger partial charge in [0.1, 0.15) is 29.8 Å². The maximum atomic E-state index is 13.6. The average molecular weight is 1650 g/mol. The first-order chi connectivity index (χ1) is 57.2. The lowest BCUT2D eigenvalue weighted by Gasteiger charge is -2.34. The van der Waals surface area contributed by atoms with E-state index in [9.17, 15) is 68.3 Å². The van der Waals surface area contributed by atoms with Crippen molar-refractivity contribution in [2.45, 2.75) is 64.7 Å². The molecule has 6 amide bonds. The molecule has 36 heteroatoms. The molecule has 119 heavy (non-hydrogen) atoms. The minimum atomic E-state index is -4.91. The smallest absolute Gasteiger partial charge is 0.449 e. The summed E-state index contributed by atoms with van der Waals surface area (Å²) >= 11 is 0. The predicted molar refractivity (Wildman–Crippen MR) is 418 cm³/mol. The Morgan fingerprint density at radius 3 is 1.03 bits per heavy atom. The highest BCUT2D eigenvalue weighted by molar-refractivity contribution is 6.05. The molecule has 0 unspecified atom stereocenters. The number of alkyl halides is 9. The Balaban J connectivity index is 0.000000164. The van der Waals surface area contributed by atoms with Gasteiger partial charge >= 0.3 is 36.8 Å². The van der Waals surface area contributed by atoms with Crippen LogP contribution in [0.2, 0.25) is 0 Å². The van der Waals surface area contributed by atoms with Crippen LogP contribution in [0, 0.1) is 6.92 Å². The van der Waals surface area contributed by atoms with E-state index in [0.717, 1.165) is 36.8 Å². The van der Waals surface area contributed by atoms with Gasteiger partial charge in [-0.1, -0.05) is 129 Å². The molecule has 6 aromatic heterocycles. The Kier molecular flexibility index (Phi) is 27.5. The van der Waals surface area contributed by atoms with Crippen molar-refractivity contribution in [3.63, 3.8) is 0 Å². The van der Waals surface area contributed by atoms with Crippen LogP contribution < -0.4 is 35.4 Å². The molecule has 620 valence electrons. The molecule has 0 spiro atoms. The number of nitrogens with zero attached hydrogens (tertiary/aromatic N) is 12. The number of carbonyl (C=O) groups is 6. The van der Waals surface area contributed by atoms with E-state index in [0.29, 0.717) is 125 Å². The fourth-order valence-corrected chi connectivity index (χ4v) is 12.3. The number of carbonyl (C=O) groups excluding carboxylic acids is 6. The SMILES string of the molecule is CCCCCCOC(=O)N1CCN(c2ccc(NC(=O)c3nc(-c4ccccc4)oc3C(F)(F)F)cn2)CC1.Cc1ccc(OC(=O)N2CCN(c3ccc(NC(=O)c4nc(-c5ccccc5)oc4C(F)(F)F)cn3)CC2)cc1.O=C(Nc1ccc(N2CCN(C(=O)OCc3ccccc3)CC2)nc1)c1nc(-c2ccccc2)oc1C(F)(F)F. The quantitative estimate of drug-likeness (QED) is 0.0472. The summed E-state index contributed by atoms with van der Waals surface area (Å²) in [7, 11) is 0. The summed E-state index contributed by atoms with van der Waals surface area (Å²) in [6, 6.07) is 50.2. The third-order valence-corrected chi connectivity index (χ3v) is 18.6. The van der Waals surface area contributed by atoms with E-state index in [1.54, 1.807) is 106 Å². The van der Waals surface area contributed by atoms with Gasteiger partial charge in [0.15, 0.2) is 17.1 Å². The normalized spacial score (nSPS) is 13.7. The van der Waals surface area contributed by atoms with Crippen molar-refractivity contribution in [2.24, 2.45) is 0 Å². The number of unbranched alkanes of at least 4 members (excludes halogenated alkanes) is 3. The standard InChI is InChI=1S/2C28H24F3N5O4.C27H30F3N5O4/c1-18-7-10-21(11-8-18)39-27(38)36-15-13-35(14-16-36)22-12-9-20(17-32-22)33-25(37)23-24(28(29,30)31)40-26(34-23)19-5-3-2-4-6-19;29-28(30,31)24-23(34-26(40-24)20-9-5-2-6-10-20)25(37)33-21-11-12-22(32-17-21)35-13-15-36(16-14-35)27(38)39-18-19-7-3-1-4-8-19;1-2-3-4-8-17-38-26(37)35-15-13-34(14-16-35)21-12-11-20(18-31-21)32-24(36)22-23(27(28,29)30)39-25(33-22)19-9-6-5-7-10-19/h2-12,17H,13-16H2,1H3,(H,33,37);1-12,17H,13-16,18H2,(H,33,37);5-7,9-12,18H,2-4,8,13-17H2,1H3,(H,32,36). The lowest BCUT2D eigenvalue weighted by Crippen LogP contribution is -2.49. The number of hydrogen-bond acceptors (Lipinski definition) is 21. The zero-order valence-corrected chi connectivity index (χ0v) is 63.9. The molecule has 3 N–H and O–H groups in total. The molecular weight excluding hydrogens is 1570 g/mol. The summed E-state index contributed by atoms with van der Waals surface area (Å²) in [5.41, 5.74) is 0.867. The molecule has 3 fully saturated rings. The number of hydrogen-bond donors (Lipinski definition) is 3. The molecule has 3 saturated heterocycles. The van der Waals surface area contributed by atoms with Crippen LogP contribution in [0.15, 0.2) is 214 Å². The summed E-state index contributed by atoms with van der Waals surface area (Å²) in [5.74, 6) is -6.29. The van der Waals surface area contributed by atoms with Gasteiger partial charge in [-0.3, -0.25) is 14.4 Å². The fourth-order valence-electron chi connectivity index (χ4n) is 12.3. The number of oxazole rings is 3. The Bertz CT molecular complexity index is 5200. The molecule has 3 aliphatic rings. The number of amides is 6. The lowest BCUT2D eigenvalue weighted by atomic mass is 10.2. The molecule has 27 nitrogen and oxygen atoms in total. The fraction of sp³-hybridized carbons (Fsp3) is 0.277. The molecule has 11 aromatic rings. The van der Waals surface area contributed by atoms with Crippen LogP contribution in [-0.4, -0.2) is 166 Å². The first-order valence-electron chi connectivity index (χ1n) is 37.6. The monoisotopic (exact) mass is 1650 g/mol. The van der Waals surface area contributed by atoms with Gasteiger partial charge in [-0.05, 0) is 104 Å². The second kappa shape index (κ2) is 38.7. The molecule has 14 rings (SSSR count). The second-order valence-corrected chi connectivity index (χ2v) is 27.1. The molecule has 0 radical (unpaired) electrons. The van der Waals surface area contributed by atoms with Crippen molar-refractivity contribution >= 4 is 70.5 Å². The van der Waals surface area contributed by atoms with Crippen LogP contribution in [0.3, 0.4) is 0 Å². The van der Waals surface area contributed by atoms with E-state index < -0.39 is 82.8 Å². The minimum Gasteiger partial charge on any atom is -0.449 e. The highest BCUT2D eigenvalue weighted by Gasteiger charge is 2.45. The highest BCUT2D eigenvalue weighted by Crippen LogP contribution is 2.39. The van der Waals surface area contributed by atoms with Crippen molar-refractivity contribution in [3.05, 3.63) is 246 Å². The van der Waals surface area contributed by atoms with Crippen LogP contribution in [0.1, 0.15) is 92.5 Å². The average Bonchev–Trinajstić information content (AvgIpc) is 1.66. The number of piperazine rings is 3. The Morgan fingerprint density at radius 2 is 0.714 bits per heavy atom. The van der Waals surface area contributed by atoms with Crippen LogP contribution in [0.25, 0.3) is 34.4 Å². The largest absolute Gasteiger partial charge is 0.452 e. The minimum absolute atomic E-state index is 0.187. The van der Waals surface area contributed by atoms with Gasteiger partial charge < -0.3 is 72.8 Å². The third-order valence-electron chi connectivity index (χ3n) is 18.6. The molecule has 9 heterocycles. The number of rotatable bonds is 20. The summed E-state index contributed by atoms with van der Waals surface area (Å²) in [4.78, 5) is 111. The zero-order valence-electron chi connectivity index (χ0n) is 63.9. The van der Waals surface area contributed by atoms with Crippen LogP contribution in [-0.2, 0) is 34.6 Å². The van der Waals surface area contributed by atoms with Gasteiger partial charge in [-0.25, -0.2) is 44.3 Å². The maximum absolute atomic E-state index is 13.6. The lowest BCUT2D eigenvalue weighted by molar-refractivity contribution is -0.153. The van der Waals surface area contributed by atoms with Gasteiger partial charge in [0.2, 0.25) is 35.0 Å². The zero-order chi connectivity index (χ0) is 84.2. The van der Waals surface area contributed by atoms with Crippen molar-refractivity contribution in [1.29, 1.82) is 0 Å². The Labute approximate surface area is 674 Å². The van der Waals surface area contributed by atoms with E-state index in [4.69, 9.17) is 27.5 Å². The summed E-state index contributed by atoms with van der Waals surface area (Å²) in [6.07, 6.45) is -7.70. The van der Waals surface area contributed by atoms with Crippen molar-refractivity contribution in [1.82, 2.24) is 44.6 Å². The van der Waals surface area contributed by atoms with E-state index in [1.165, 1.54) is 67.1 Å². The number of benzene rings is 5. The van der Waals surface area contributed by atoms with E-state index in [2.05, 4.69) is 52.8 Å². The summed E-state index contributed by atoms with van der Waals surface area (Å²) in [5, 5.41) is 7.21. The molecule has 5 aromatic carbocycles. The summed E-state index contributed by atoms with van der Waals surface area (Å²) < 4.78 is 153. The van der Waals surface area contributed by atoms with E-state index >= 15 is 0 Å². The number of aryl methyl sites for hydroxylation is 1. The Hall–Kier alpha value is -13.8. The topological polar surface area (TPSA) is 302 Å². The van der Waals surface area contributed by atoms with Gasteiger partial charge in [0.25, 0.3) is 17.7 Å². The molecule has 0 aliphatic carbocycles. The number of anilines is 6. The highest BCUT2D eigenvalue weighted by atomic mass is 19.4. The molecule has 0 bridgehead atoms. The molecule has 0 atom stereocenters. The van der Waals surface area contributed by atoms with Crippen molar-refractivity contribution < 1.29 is 95.7 Å². The second-order valence-electron chi connectivity index (χ2n) is 27.1. The first-order valence-corrected chi connectivity index (χ1v) is 37.6. The number of nitrogens with one attached hydrogen (secondary N) is 3. The number of pyridine rings is 3. The van der Waals surface area contributed by atoms with Gasteiger partial charge in [0.05, 0.1) is 42.3 Å². The van der Waals surface area contributed by atoms with Crippen molar-refractivity contribution in [2.75, 3.05) is 116 Å². The molecular formula is C83H78F9N15O12. The van der Waals surface area contributed by atoms with Gasteiger partial charge in [0, 0.05) is 95.2 Å². The van der Waals surface area contributed by atoms with Crippen molar-refractivity contribution in [3.8, 4) is 40.1 Å². The van der Waals surface area contributed by atoms with Gasteiger partial charge in [-0.2, -0.15) is 39.5 Å². The number of aromatic nitrogens is 6. The van der Waals surface area contributed by atoms with Crippen LogP contribution >= 0.6 is 0 Å².